The normalized spacial score (nSPS) is 22.7. The molecule has 0 amide bonds. The molecule has 0 saturated carbocycles. The lowest BCUT2D eigenvalue weighted by Gasteiger charge is -2.37. The number of ether oxygens (including phenoxy) is 1. The quantitative estimate of drug-likeness (QED) is 0.439. The molecule has 0 radical (unpaired) electrons. The summed E-state index contributed by atoms with van der Waals surface area (Å²) in [6.45, 7) is 12.3. The van der Waals surface area contributed by atoms with Crippen LogP contribution in [0.1, 0.15) is 65.7 Å². The third-order valence-corrected chi connectivity index (χ3v) is 7.08. The Morgan fingerprint density at radius 2 is 2.03 bits per heavy atom. The number of aromatic amines is 1. The van der Waals surface area contributed by atoms with Gasteiger partial charge in [-0.2, -0.15) is 5.26 Å². The molecular weight excluding hydrogens is 407 g/mol. The second-order valence-electron chi connectivity index (χ2n) is 7.94. The monoisotopic (exact) mass is 440 g/mol. The number of hydrogen-bond acceptors (Lipinski definition) is 7. The van der Waals surface area contributed by atoms with Crippen molar-refractivity contribution in [2.45, 2.75) is 91.3 Å². The third kappa shape index (κ3) is 5.99. The van der Waals surface area contributed by atoms with Crippen LogP contribution in [0.15, 0.2) is 15.8 Å². The first-order valence-corrected chi connectivity index (χ1v) is 11.5. The van der Waals surface area contributed by atoms with E-state index in [1.807, 2.05) is 6.92 Å². The maximum Gasteiger partial charge on any atom is 0.330 e. The summed E-state index contributed by atoms with van der Waals surface area (Å²) in [6, 6.07) is 2.49. The van der Waals surface area contributed by atoms with Crippen molar-refractivity contribution in [3.8, 4) is 6.07 Å². The molecule has 1 N–H and O–H groups in total. The van der Waals surface area contributed by atoms with Crippen LogP contribution >= 0.6 is 8.53 Å². The van der Waals surface area contributed by atoms with Gasteiger partial charge in [0, 0.05) is 30.3 Å². The summed E-state index contributed by atoms with van der Waals surface area (Å²) < 4.78 is 22.1. The van der Waals surface area contributed by atoms with Crippen LogP contribution in [0.4, 0.5) is 0 Å². The molecule has 1 unspecified atom stereocenters. The van der Waals surface area contributed by atoms with Crippen molar-refractivity contribution < 1.29 is 13.8 Å². The van der Waals surface area contributed by atoms with E-state index in [0.29, 0.717) is 31.4 Å². The minimum absolute atomic E-state index is 0.195. The Labute approximate surface area is 178 Å². The highest BCUT2D eigenvalue weighted by Crippen LogP contribution is 2.50. The molecule has 0 bridgehead atoms. The van der Waals surface area contributed by atoms with Gasteiger partial charge in [0.05, 0.1) is 31.3 Å². The molecule has 1 aliphatic heterocycles. The smallest absolute Gasteiger partial charge is 0.330 e. The predicted octanol–water partition coefficient (Wildman–Crippen LogP) is 3.20. The van der Waals surface area contributed by atoms with Gasteiger partial charge in [-0.3, -0.25) is 14.3 Å². The van der Waals surface area contributed by atoms with Crippen LogP contribution < -0.4 is 11.2 Å². The fraction of sp³-hybridized carbons (Fsp3) is 0.750. The van der Waals surface area contributed by atoms with Gasteiger partial charge in [0.2, 0.25) is 0 Å². The molecule has 10 heteroatoms. The first kappa shape index (κ1) is 24.7. The van der Waals surface area contributed by atoms with E-state index in [4.69, 9.17) is 19.0 Å². The topological polar surface area (TPSA) is 110 Å². The highest BCUT2D eigenvalue weighted by Gasteiger charge is 2.40. The zero-order valence-electron chi connectivity index (χ0n) is 18.6. The van der Waals surface area contributed by atoms with Crippen LogP contribution in [0.5, 0.6) is 0 Å². The van der Waals surface area contributed by atoms with Crippen LogP contribution in [-0.2, 0) is 13.8 Å². The Kier molecular flexibility index (Phi) is 9.20. The van der Waals surface area contributed by atoms with E-state index in [2.05, 4.69) is 43.4 Å². The molecule has 9 nitrogen and oxygen atoms in total. The number of aromatic nitrogens is 2. The molecule has 1 aromatic rings. The van der Waals surface area contributed by atoms with Gasteiger partial charge >= 0.3 is 5.69 Å². The molecular formula is C20H33N4O5P. The Bertz CT molecular complexity index is 839. The summed E-state index contributed by atoms with van der Waals surface area (Å²) in [4.78, 5) is 26.3. The van der Waals surface area contributed by atoms with Crippen LogP contribution in [0.3, 0.4) is 0 Å². The minimum atomic E-state index is -1.41. The highest BCUT2D eigenvalue weighted by molar-refractivity contribution is 7.44. The Hall–Kier alpha value is -1.56. The van der Waals surface area contributed by atoms with E-state index in [9.17, 15) is 9.59 Å². The van der Waals surface area contributed by atoms with E-state index in [0.717, 1.165) is 0 Å². The maximum absolute atomic E-state index is 12.3. The number of H-pyrrole nitrogens is 1. The summed E-state index contributed by atoms with van der Waals surface area (Å²) in [5, 5.41) is 8.87. The molecule has 0 aliphatic carbocycles. The van der Waals surface area contributed by atoms with Gasteiger partial charge in [-0.05, 0) is 41.0 Å². The fourth-order valence-corrected chi connectivity index (χ4v) is 5.31. The SMILES string of the molecule is CC[C@H]1O[C@@H](n2cc(C)c(=O)[nH]c2=O)C[C@H]1OP(OCCC#N)N(C(C)C)C(C)C. The maximum atomic E-state index is 12.3. The average Bonchev–Trinajstić information content (AvgIpc) is 3.06. The zero-order valence-corrected chi connectivity index (χ0v) is 19.5. The second-order valence-corrected chi connectivity index (χ2v) is 9.35. The minimum Gasteiger partial charge on any atom is -0.352 e. The predicted molar refractivity (Wildman–Crippen MR) is 115 cm³/mol. The van der Waals surface area contributed by atoms with E-state index in [-0.39, 0.29) is 24.3 Å². The Balaban J connectivity index is 2.24. The van der Waals surface area contributed by atoms with Crippen molar-refractivity contribution >= 4 is 8.53 Å². The first-order chi connectivity index (χ1) is 14.2. The van der Waals surface area contributed by atoms with Gasteiger partial charge in [-0.15, -0.1) is 0 Å². The summed E-state index contributed by atoms with van der Waals surface area (Å²) in [7, 11) is -1.41. The fourth-order valence-electron chi connectivity index (χ4n) is 3.55. The molecule has 1 aliphatic rings. The molecule has 4 atom stereocenters. The van der Waals surface area contributed by atoms with Gasteiger partial charge < -0.3 is 13.8 Å². The number of nitriles is 1. The number of aryl methyl sites for hydroxylation is 1. The number of nitrogens with zero attached hydrogens (tertiary/aromatic N) is 3. The molecule has 1 fully saturated rings. The lowest BCUT2D eigenvalue weighted by Crippen LogP contribution is -2.35. The van der Waals surface area contributed by atoms with Crippen molar-refractivity contribution in [3.63, 3.8) is 0 Å². The summed E-state index contributed by atoms with van der Waals surface area (Å²) in [5.41, 5.74) is -0.443. The van der Waals surface area contributed by atoms with Gasteiger partial charge in [-0.25, -0.2) is 9.46 Å². The van der Waals surface area contributed by atoms with Gasteiger partial charge in [0.15, 0.2) is 0 Å². The molecule has 1 saturated heterocycles. The van der Waals surface area contributed by atoms with E-state index < -0.39 is 26.0 Å². The summed E-state index contributed by atoms with van der Waals surface area (Å²) in [5.74, 6) is 0. The van der Waals surface area contributed by atoms with Crippen molar-refractivity contribution in [2.75, 3.05) is 6.61 Å². The number of hydrogen-bond donors (Lipinski definition) is 1. The number of nitrogens with one attached hydrogen (secondary N) is 1. The van der Waals surface area contributed by atoms with E-state index >= 15 is 0 Å². The molecule has 0 spiro atoms. The van der Waals surface area contributed by atoms with Gasteiger partial charge in [0.1, 0.15) is 6.23 Å². The van der Waals surface area contributed by atoms with E-state index in [1.165, 1.54) is 10.8 Å². The van der Waals surface area contributed by atoms with Gasteiger partial charge in [0.25, 0.3) is 14.1 Å². The molecule has 2 rings (SSSR count). The number of rotatable bonds is 10. The molecule has 1 aromatic heterocycles. The summed E-state index contributed by atoms with van der Waals surface area (Å²) in [6.07, 6.45) is 2.00. The van der Waals surface area contributed by atoms with Crippen molar-refractivity contribution in [2.24, 2.45) is 0 Å². The zero-order chi connectivity index (χ0) is 22.4. The summed E-state index contributed by atoms with van der Waals surface area (Å²) >= 11 is 0. The highest BCUT2D eigenvalue weighted by atomic mass is 31.2. The van der Waals surface area contributed by atoms with Crippen LogP contribution in [-0.4, -0.2) is 45.1 Å². The second kappa shape index (κ2) is 11.2. The standard InChI is InChI=1S/C20H33N4O5P/c1-7-16-17(11-18(28-16)23-12-15(6)19(25)22-20(23)26)29-30(27-10-8-9-21)24(13(2)3)14(4)5/h12-14,16-18H,7-8,10-11H2,1-6H3,(H,22,25,26)/t16-,17-,18-,30?/m1/s1. The molecule has 0 aromatic carbocycles. The average molecular weight is 440 g/mol. The van der Waals surface area contributed by atoms with Crippen LogP contribution in [0.2, 0.25) is 0 Å². The third-order valence-electron chi connectivity index (χ3n) is 4.93. The Morgan fingerprint density at radius 1 is 1.37 bits per heavy atom. The lowest BCUT2D eigenvalue weighted by molar-refractivity contribution is -0.0202. The van der Waals surface area contributed by atoms with Crippen LogP contribution in [0.25, 0.3) is 0 Å². The van der Waals surface area contributed by atoms with Crippen LogP contribution in [0, 0.1) is 18.3 Å². The Morgan fingerprint density at radius 3 is 2.60 bits per heavy atom. The van der Waals surface area contributed by atoms with Crippen molar-refractivity contribution in [1.82, 2.24) is 14.2 Å². The largest absolute Gasteiger partial charge is 0.352 e. The van der Waals surface area contributed by atoms with Gasteiger partial charge in [-0.1, -0.05) is 6.92 Å². The lowest BCUT2D eigenvalue weighted by atomic mass is 10.1. The van der Waals surface area contributed by atoms with E-state index in [1.54, 1.807) is 6.92 Å². The van der Waals surface area contributed by atoms with Crippen molar-refractivity contribution in [3.05, 3.63) is 32.6 Å². The van der Waals surface area contributed by atoms with Crippen molar-refractivity contribution in [1.29, 1.82) is 5.26 Å². The molecule has 2 heterocycles. The molecule has 30 heavy (non-hydrogen) atoms. The first-order valence-electron chi connectivity index (χ1n) is 10.4. The molecule has 168 valence electrons.